The lowest BCUT2D eigenvalue weighted by Gasteiger charge is -2.07. The van der Waals surface area contributed by atoms with Crippen molar-refractivity contribution in [2.75, 3.05) is 6.54 Å². The first-order chi connectivity index (χ1) is 13.1. The van der Waals surface area contributed by atoms with Gasteiger partial charge in [-0.3, -0.25) is 9.20 Å². The number of carbonyl (C=O) groups excluding carboxylic acids is 1. The van der Waals surface area contributed by atoms with Crippen LogP contribution >= 0.6 is 11.6 Å². The molecule has 7 heteroatoms. The van der Waals surface area contributed by atoms with Crippen LogP contribution in [0.4, 0.5) is 0 Å². The van der Waals surface area contributed by atoms with E-state index < -0.39 is 0 Å². The van der Waals surface area contributed by atoms with E-state index in [2.05, 4.69) is 19.9 Å². The number of carbonyl (C=O) groups is 1. The monoisotopic (exact) mass is 379 g/mol. The molecule has 6 nitrogen and oxygen atoms in total. The van der Waals surface area contributed by atoms with Gasteiger partial charge < -0.3 is 9.88 Å². The average Bonchev–Trinajstić information content (AvgIpc) is 3.16. The number of hydrogen-bond acceptors (Lipinski definition) is 3. The number of rotatable bonds is 5. The van der Waals surface area contributed by atoms with Crippen LogP contribution in [0.2, 0.25) is 5.15 Å². The highest BCUT2D eigenvalue weighted by molar-refractivity contribution is 6.31. The normalized spacial score (nSPS) is 11.6. The molecular weight excluding hydrogens is 362 g/mol. The number of aryl methyl sites for hydroxylation is 1. The van der Waals surface area contributed by atoms with Gasteiger partial charge in [0, 0.05) is 25.4 Å². The minimum atomic E-state index is -0.181. The maximum atomic E-state index is 12.2. The SMILES string of the molecule is Cc1nc2ccccc2n1CCNC(=O)/C=C\c1c(Cl)nc2ccccn12. The minimum Gasteiger partial charge on any atom is -0.351 e. The van der Waals surface area contributed by atoms with Crippen LogP contribution in [0.3, 0.4) is 0 Å². The van der Waals surface area contributed by atoms with Crippen LogP contribution in [0.5, 0.6) is 0 Å². The van der Waals surface area contributed by atoms with Crippen molar-refractivity contribution in [1.82, 2.24) is 24.3 Å². The second-order valence-corrected chi connectivity index (χ2v) is 6.50. The number of nitrogens with one attached hydrogen (secondary N) is 1. The molecule has 0 radical (unpaired) electrons. The predicted molar refractivity (Wildman–Crippen MR) is 107 cm³/mol. The molecule has 0 aliphatic heterocycles. The standard InChI is InChI=1S/C20H18ClN5O/c1-14-23-15-6-2-3-7-16(15)25(14)13-11-22-19(27)10-9-17-20(21)24-18-8-4-5-12-26(17)18/h2-10,12H,11,13H2,1H3,(H,22,27)/b10-9-. The third-order valence-electron chi connectivity index (χ3n) is 4.39. The van der Waals surface area contributed by atoms with Gasteiger partial charge in [0.1, 0.15) is 11.5 Å². The summed E-state index contributed by atoms with van der Waals surface area (Å²) in [5, 5.41) is 3.26. The molecule has 0 spiro atoms. The zero-order valence-electron chi connectivity index (χ0n) is 14.8. The van der Waals surface area contributed by atoms with Crippen LogP contribution in [0.15, 0.2) is 54.7 Å². The third-order valence-corrected chi connectivity index (χ3v) is 4.67. The van der Waals surface area contributed by atoms with E-state index in [1.54, 1.807) is 6.08 Å². The molecule has 0 fully saturated rings. The highest BCUT2D eigenvalue weighted by atomic mass is 35.5. The number of hydrogen-bond donors (Lipinski definition) is 1. The van der Waals surface area contributed by atoms with Crippen LogP contribution in [0, 0.1) is 6.92 Å². The molecule has 27 heavy (non-hydrogen) atoms. The van der Waals surface area contributed by atoms with Crippen LogP contribution < -0.4 is 5.32 Å². The van der Waals surface area contributed by atoms with Crippen LogP contribution in [0.25, 0.3) is 22.8 Å². The van der Waals surface area contributed by atoms with Crippen molar-refractivity contribution in [2.45, 2.75) is 13.5 Å². The van der Waals surface area contributed by atoms with E-state index in [0.717, 1.165) is 22.5 Å². The Morgan fingerprint density at radius 3 is 2.89 bits per heavy atom. The van der Waals surface area contributed by atoms with Crippen molar-refractivity contribution in [3.05, 3.63) is 71.4 Å². The lowest BCUT2D eigenvalue weighted by molar-refractivity contribution is -0.116. The number of aromatic nitrogens is 4. The molecule has 0 atom stereocenters. The second kappa shape index (κ2) is 7.25. The molecular formula is C20H18ClN5O. The Bertz CT molecular complexity index is 1160. The van der Waals surface area contributed by atoms with Crippen molar-refractivity contribution in [3.8, 4) is 0 Å². The fraction of sp³-hybridized carbons (Fsp3) is 0.150. The predicted octanol–water partition coefficient (Wildman–Crippen LogP) is 3.48. The Hall–Kier alpha value is -3.12. The molecule has 136 valence electrons. The smallest absolute Gasteiger partial charge is 0.244 e. The molecule has 4 aromatic rings. The number of pyridine rings is 1. The average molecular weight is 380 g/mol. The molecule has 3 heterocycles. The summed E-state index contributed by atoms with van der Waals surface area (Å²) >= 11 is 6.17. The highest BCUT2D eigenvalue weighted by Crippen LogP contribution is 2.19. The molecule has 0 bridgehead atoms. The lowest BCUT2D eigenvalue weighted by atomic mass is 10.3. The summed E-state index contributed by atoms with van der Waals surface area (Å²) in [6, 6.07) is 13.6. The zero-order chi connectivity index (χ0) is 18.8. The van der Waals surface area contributed by atoms with Gasteiger partial charge in [-0.15, -0.1) is 0 Å². The Labute approximate surface area is 161 Å². The number of benzene rings is 1. The van der Waals surface area contributed by atoms with Gasteiger partial charge in [-0.05, 0) is 37.3 Å². The van der Waals surface area contributed by atoms with Gasteiger partial charge in [0.15, 0.2) is 5.15 Å². The van der Waals surface area contributed by atoms with Gasteiger partial charge >= 0.3 is 0 Å². The van der Waals surface area contributed by atoms with Crippen molar-refractivity contribution in [2.24, 2.45) is 0 Å². The fourth-order valence-corrected chi connectivity index (χ4v) is 3.36. The molecule has 0 saturated carbocycles. The number of halogens is 1. The van der Waals surface area contributed by atoms with Crippen molar-refractivity contribution in [1.29, 1.82) is 0 Å². The molecule has 0 aliphatic carbocycles. The first-order valence-corrected chi connectivity index (χ1v) is 9.01. The van der Waals surface area contributed by atoms with E-state index in [-0.39, 0.29) is 5.91 Å². The van der Waals surface area contributed by atoms with Gasteiger partial charge in [0.25, 0.3) is 0 Å². The maximum absolute atomic E-state index is 12.2. The number of imidazole rings is 2. The summed E-state index contributed by atoms with van der Waals surface area (Å²) in [5.41, 5.74) is 3.45. The van der Waals surface area contributed by atoms with Gasteiger partial charge in [0.05, 0.1) is 16.7 Å². The van der Waals surface area contributed by atoms with Gasteiger partial charge in [-0.2, -0.15) is 0 Å². The Kier molecular flexibility index (Phi) is 4.64. The number of para-hydroxylation sites is 2. The Morgan fingerprint density at radius 2 is 2.00 bits per heavy atom. The summed E-state index contributed by atoms with van der Waals surface area (Å²) in [7, 11) is 0. The van der Waals surface area contributed by atoms with Crippen LogP contribution in [-0.2, 0) is 11.3 Å². The van der Waals surface area contributed by atoms with Crippen molar-refractivity contribution in [3.63, 3.8) is 0 Å². The quantitative estimate of drug-likeness (QED) is 0.540. The molecule has 1 amide bonds. The largest absolute Gasteiger partial charge is 0.351 e. The molecule has 3 aromatic heterocycles. The van der Waals surface area contributed by atoms with E-state index in [9.17, 15) is 4.79 Å². The molecule has 0 aliphatic rings. The molecule has 0 unspecified atom stereocenters. The lowest BCUT2D eigenvalue weighted by Crippen LogP contribution is -2.25. The number of nitrogens with zero attached hydrogens (tertiary/aromatic N) is 4. The summed E-state index contributed by atoms with van der Waals surface area (Å²) in [4.78, 5) is 21.0. The van der Waals surface area contributed by atoms with Crippen molar-refractivity contribution < 1.29 is 4.79 Å². The third kappa shape index (κ3) is 3.44. The number of fused-ring (bicyclic) bond motifs is 2. The molecule has 4 rings (SSSR count). The van der Waals surface area contributed by atoms with E-state index in [1.165, 1.54) is 6.08 Å². The van der Waals surface area contributed by atoms with Gasteiger partial charge in [-0.1, -0.05) is 29.8 Å². The highest BCUT2D eigenvalue weighted by Gasteiger charge is 2.08. The number of amides is 1. The summed E-state index contributed by atoms with van der Waals surface area (Å²) in [6.07, 6.45) is 5.01. The maximum Gasteiger partial charge on any atom is 0.244 e. The summed E-state index contributed by atoms with van der Waals surface area (Å²) in [6.45, 7) is 3.13. The molecule has 1 aromatic carbocycles. The van der Waals surface area contributed by atoms with Gasteiger partial charge in [0.2, 0.25) is 5.91 Å². The summed E-state index contributed by atoms with van der Waals surface area (Å²) in [5.74, 6) is 0.748. The summed E-state index contributed by atoms with van der Waals surface area (Å²) < 4.78 is 3.94. The molecule has 0 saturated heterocycles. The van der Waals surface area contributed by atoms with E-state index in [1.807, 2.05) is 60.0 Å². The van der Waals surface area contributed by atoms with E-state index >= 15 is 0 Å². The van der Waals surface area contributed by atoms with E-state index in [4.69, 9.17) is 11.6 Å². The Morgan fingerprint density at radius 1 is 1.19 bits per heavy atom. The van der Waals surface area contributed by atoms with Crippen LogP contribution in [0.1, 0.15) is 11.5 Å². The Balaban J connectivity index is 1.41. The topological polar surface area (TPSA) is 64.2 Å². The first-order valence-electron chi connectivity index (χ1n) is 8.64. The minimum absolute atomic E-state index is 0.181. The van der Waals surface area contributed by atoms with Crippen molar-refractivity contribution >= 4 is 40.3 Å². The first kappa shape index (κ1) is 17.3. The van der Waals surface area contributed by atoms with Gasteiger partial charge in [-0.25, -0.2) is 9.97 Å². The molecule has 1 N–H and O–H groups in total. The zero-order valence-corrected chi connectivity index (χ0v) is 15.5. The van der Waals surface area contributed by atoms with Crippen LogP contribution in [-0.4, -0.2) is 31.4 Å². The second-order valence-electron chi connectivity index (χ2n) is 6.14. The fourth-order valence-electron chi connectivity index (χ4n) is 3.12. The van der Waals surface area contributed by atoms with E-state index in [0.29, 0.717) is 23.9 Å².